The molecule has 1 saturated heterocycles. The Morgan fingerprint density at radius 2 is 1.90 bits per heavy atom. The molecule has 2 fully saturated rings. The van der Waals surface area contributed by atoms with Crippen molar-refractivity contribution >= 4 is 24.6 Å². The smallest absolute Gasteiger partial charge is 0.322 e. The molecule has 7 heteroatoms. The van der Waals surface area contributed by atoms with Gasteiger partial charge in [0.2, 0.25) is 0 Å². The largest absolute Gasteiger partial charge is 0.343 e. The van der Waals surface area contributed by atoms with Crippen molar-refractivity contribution in [2.24, 2.45) is 4.99 Å². The van der Waals surface area contributed by atoms with Crippen LogP contribution < -0.4 is 5.32 Å². The van der Waals surface area contributed by atoms with E-state index in [1.54, 1.807) is 11.0 Å². The molecule has 1 aliphatic heterocycles. The van der Waals surface area contributed by atoms with Crippen molar-refractivity contribution in [1.82, 2.24) is 20.1 Å². The summed E-state index contributed by atoms with van der Waals surface area (Å²) in [7, 11) is 4.27. The fraction of sp³-hybridized carbons (Fsp3) is 0.417. The normalized spacial score (nSPS) is 26.5. The molecule has 1 aromatic heterocycles. The van der Waals surface area contributed by atoms with Crippen molar-refractivity contribution in [1.29, 1.82) is 0 Å². The SMILES string of the molecule is C=Nc1[nH]cc(F)c1/C=C(\C)N1C[C@]2(CC[C@](c3ccccc3)(N(C)C)CC2)NC1=O. The van der Waals surface area contributed by atoms with Gasteiger partial charge in [-0.15, -0.1) is 0 Å². The standard InChI is InChI=1S/C24H30FN5O/c1-17(14-19-20(25)15-27-21(19)26-2)30-16-23(28-22(30)31)10-12-24(13-11-23,29(3)4)18-8-6-5-7-9-18/h5-9,14-15,27H,2,10-13,16H2,1,3-4H3,(H,28,31)/b17-14+/t23-,24+. The molecule has 0 radical (unpaired) electrons. The monoisotopic (exact) mass is 423 g/mol. The second kappa shape index (κ2) is 7.96. The molecule has 4 rings (SSSR count). The second-order valence-corrected chi connectivity index (χ2v) is 8.93. The first kappa shape index (κ1) is 21.3. The van der Waals surface area contributed by atoms with E-state index >= 15 is 0 Å². The maximum absolute atomic E-state index is 14.1. The molecule has 2 aromatic rings. The number of allylic oxidation sites excluding steroid dienone is 1. The number of aromatic nitrogens is 1. The van der Waals surface area contributed by atoms with Gasteiger partial charge in [0.25, 0.3) is 0 Å². The van der Waals surface area contributed by atoms with Gasteiger partial charge >= 0.3 is 6.03 Å². The molecule has 164 valence electrons. The van der Waals surface area contributed by atoms with Crippen LogP contribution in [0.1, 0.15) is 43.7 Å². The van der Waals surface area contributed by atoms with Crippen LogP contribution in [-0.2, 0) is 5.54 Å². The van der Waals surface area contributed by atoms with Crippen LogP contribution in [0.4, 0.5) is 15.0 Å². The lowest BCUT2D eigenvalue weighted by molar-refractivity contribution is 0.0629. The third-order valence-corrected chi connectivity index (χ3v) is 7.06. The summed E-state index contributed by atoms with van der Waals surface area (Å²) in [4.78, 5) is 23.4. The molecule has 2 heterocycles. The summed E-state index contributed by atoms with van der Waals surface area (Å²) in [5.41, 5.74) is 2.02. The first-order valence-corrected chi connectivity index (χ1v) is 10.6. The molecular formula is C24H30FN5O. The number of nitrogens with one attached hydrogen (secondary N) is 2. The first-order chi connectivity index (χ1) is 14.8. The minimum atomic E-state index is -0.410. The number of rotatable bonds is 5. The van der Waals surface area contributed by atoms with Crippen LogP contribution in [0.2, 0.25) is 0 Å². The Balaban J connectivity index is 1.54. The number of aromatic amines is 1. The maximum Gasteiger partial charge on any atom is 0.322 e. The first-order valence-electron chi connectivity index (χ1n) is 10.6. The molecule has 2 aliphatic rings. The van der Waals surface area contributed by atoms with Gasteiger partial charge in [-0.25, -0.2) is 14.2 Å². The molecule has 1 spiro atoms. The fourth-order valence-electron chi connectivity index (χ4n) is 5.12. The van der Waals surface area contributed by atoms with Crippen molar-refractivity contribution in [3.8, 4) is 0 Å². The number of nitrogens with zero attached hydrogens (tertiary/aromatic N) is 3. The number of carbonyl (C=O) groups is 1. The van der Waals surface area contributed by atoms with E-state index in [4.69, 9.17) is 0 Å². The summed E-state index contributed by atoms with van der Waals surface area (Å²) >= 11 is 0. The predicted molar refractivity (Wildman–Crippen MR) is 122 cm³/mol. The Morgan fingerprint density at radius 1 is 1.23 bits per heavy atom. The minimum Gasteiger partial charge on any atom is -0.343 e. The lowest BCUT2D eigenvalue weighted by Crippen LogP contribution is -2.53. The molecule has 2 N–H and O–H groups in total. The Hall–Kier alpha value is -2.93. The number of hydrogen-bond acceptors (Lipinski definition) is 3. The molecular weight excluding hydrogens is 393 g/mol. The Bertz CT molecular complexity index is 1000. The summed E-state index contributed by atoms with van der Waals surface area (Å²) in [6.07, 6.45) is 6.59. The fourth-order valence-corrected chi connectivity index (χ4v) is 5.12. The number of amides is 2. The van der Waals surface area contributed by atoms with Crippen LogP contribution in [0.5, 0.6) is 0 Å². The van der Waals surface area contributed by atoms with Gasteiger partial charge in [-0.2, -0.15) is 0 Å². The van der Waals surface area contributed by atoms with Crippen molar-refractivity contribution in [2.45, 2.75) is 43.7 Å². The van der Waals surface area contributed by atoms with Gasteiger partial charge in [-0.3, -0.25) is 9.80 Å². The van der Waals surface area contributed by atoms with Crippen LogP contribution in [-0.4, -0.2) is 53.7 Å². The van der Waals surface area contributed by atoms with Gasteiger partial charge in [-0.1, -0.05) is 30.3 Å². The van der Waals surface area contributed by atoms with Crippen LogP contribution >= 0.6 is 0 Å². The molecule has 1 saturated carbocycles. The van der Waals surface area contributed by atoms with E-state index in [-0.39, 0.29) is 17.1 Å². The number of halogens is 1. The number of hydrogen-bond donors (Lipinski definition) is 2. The zero-order chi connectivity index (χ0) is 22.2. The van der Waals surface area contributed by atoms with Crippen molar-refractivity contribution in [3.05, 3.63) is 59.2 Å². The predicted octanol–water partition coefficient (Wildman–Crippen LogP) is 4.64. The van der Waals surface area contributed by atoms with Crippen LogP contribution in [0.25, 0.3) is 6.08 Å². The van der Waals surface area contributed by atoms with Crippen molar-refractivity contribution in [3.63, 3.8) is 0 Å². The number of carbonyl (C=O) groups excluding carboxylic acids is 1. The number of urea groups is 1. The van der Waals surface area contributed by atoms with E-state index in [2.05, 4.69) is 65.3 Å². The third-order valence-electron chi connectivity index (χ3n) is 7.06. The quantitative estimate of drug-likeness (QED) is 0.688. The lowest BCUT2D eigenvalue weighted by atomic mass is 9.69. The topological polar surface area (TPSA) is 63.7 Å². The van der Waals surface area contributed by atoms with Gasteiger partial charge in [0, 0.05) is 17.4 Å². The van der Waals surface area contributed by atoms with Gasteiger partial charge in [-0.05, 0) is 65.1 Å². The highest BCUT2D eigenvalue weighted by Crippen LogP contribution is 2.46. The zero-order valence-electron chi connectivity index (χ0n) is 18.4. The summed E-state index contributed by atoms with van der Waals surface area (Å²) in [6.45, 7) is 5.88. The van der Waals surface area contributed by atoms with Gasteiger partial charge < -0.3 is 10.3 Å². The van der Waals surface area contributed by atoms with E-state index in [0.717, 1.165) is 25.7 Å². The van der Waals surface area contributed by atoms with E-state index in [1.165, 1.54) is 11.8 Å². The third kappa shape index (κ3) is 3.67. The average molecular weight is 424 g/mol. The lowest BCUT2D eigenvalue weighted by Gasteiger charge is -2.48. The number of H-pyrrole nitrogens is 1. The number of aliphatic imine (C=N–C) groups is 1. The van der Waals surface area contributed by atoms with Gasteiger partial charge in [0.1, 0.15) is 11.6 Å². The van der Waals surface area contributed by atoms with Crippen molar-refractivity contribution < 1.29 is 9.18 Å². The summed E-state index contributed by atoms with van der Waals surface area (Å²) in [5.74, 6) is -0.0465. The molecule has 2 amide bonds. The molecule has 1 aliphatic carbocycles. The van der Waals surface area contributed by atoms with Crippen molar-refractivity contribution in [2.75, 3.05) is 20.6 Å². The summed E-state index contributed by atoms with van der Waals surface area (Å²) in [5, 5.41) is 3.24. The molecule has 0 unspecified atom stereocenters. The molecule has 6 nitrogen and oxygen atoms in total. The van der Waals surface area contributed by atoms with E-state index in [1.807, 2.05) is 13.0 Å². The molecule has 1 aromatic carbocycles. The summed E-state index contributed by atoms with van der Waals surface area (Å²) < 4.78 is 14.1. The highest BCUT2D eigenvalue weighted by Gasteiger charge is 2.50. The van der Waals surface area contributed by atoms with Gasteiger partial charge in [0.05, 0.1) is 17.6 Å². The average Bonchev–Trinajstić information content (AvgIpc) is 3.28. The van der Waals surface area contributed by atoms with Crippen LogP contribution in [0.15, 0.2) is 47.2 Å². The molecule has 0 atom stereocenters. The highest BCUT2D eigenvalue weighted by atomic mass is 19.1. The second-order valence-electron chi connectivity index (χ2n) is 8.93. The Kier molecular flexibility index (Phi) is 5.47. The molecule has 31 heavy (non-hydrogen) atoms. The van der Waals surface area contributed by atoms with Crippen LogP contribution in [0, 0.1) is 5.82 Å². The van der Waals surface area contributed by atoms with E-state index < -0.39 is 5.82 Å². The Morgan fingerprint density at radius 3 is 2.52 bits per heavy atom. The number of benzene rings is 1. The Labute approximate surface area is 182 Å². The maximum atomic E-state index is 14.1. The van der Waals surface area contributed by atoms with E-state index in [0.29, 0.717) is 23.6 Å². The van der Waals surface area contributed by atoms with E-state index in [9.17, 15) is 9.18 Å². The summed E-state index contributed by atoms with van der Waals surface area (Å²) in [6, 6.07) is 10.5. The zero-order valence-corrected chi connectivity index (χ0v) is 18.4. The van der Waals surface area contributed by atoms with Gasteiger partial charge in [0.15, 0.2) is 0 Å². The minimum absolute atomic E-state index is 0.0334. The van der Waals surface area contributed by atoms with Crippen LogP contribution in [0.3, 0.4) is 0 Å². The highest BCUT2D eigenvalue weighted by molar-refractivity contribution is 5.81. The molecule has 0 bridgehead atoms.